The number of rotatable bonds is 3. The van der Waals surface area contributed by atoms with Gasteiger partial charge in [-0.2, -0.15) is 5.10 Å². The lowest BCUT2D eigenvalue weighted by atomic mass is 10.0. The largest absolute Gasteiger partial charge is 0.261 e. The monoisotopic (exact) mass is 309 g/mol. The molecule has 3 aromatic rings. The predicted molar refractivity (Wildman–Crippen MR) is 96.1 cm³/mol. The molecule has 0 aliphatic carbocycles. The quantitative estimate of drug-likeness (QED) is 0.542. The Morgan fingerprint density at radius 1 is 1.14 bits per heavy atom. The summed E-state index contributed by atoms with van der Waals surface area (Å²) in [5.74, 6) is 0.785. The Balaban J connectivity index is 1.97. The Bertz CT molecular complexity index is 848. The molecule has 0 radical (unpaired) electrons. The summed E-state index contributed by atoms with van der Waals surface area (Å²) < 4.78 is 0. The summed E-state index contributed by atoms with van der Waals surface area (Å²) in [5, 5.41) is 7.71. The number of anilines is 1. The maximum Gasteiger partial charge on any atom is 0.147 e. The van der Waals surface area contributed by atoms with E-state index in [4.69, 9.17) is 4.98 Å². The molecule has 1 aromatic carbocycles. The maximum absolute atomic E-state index is 4.72. The lowest BCUT2D eigenvalue weighted by Crippen LogP contribution is -2.00. The molecule has 0 unspecified atom stereocenters. The van der Waals surface area contributed by atoms with E-state index in [0.717, 1.165) is 21.9 Å². The average Bonchev–Trinajstić information content (AvgIpc) is 3.00. The van der Waals surface area contributed by atoms with E-state index in [1.165, 1.54) is 22.1 Å². The summed E-state index contributed by atoms with van der Waals surface area (Å²) in [6.07, 6.45) is 0. The van der Waals surface area contributed by atoms with Gasteiger partial charge in [0.25, 0.3) is 0 Å². The van der Waals surface area contributed by atoms with Crippen molar-refractivity contribution in [2.45, 2.75) is 27.7 Å². The highest BCUT2D eigenvalue weighted by molar-refractivity contribution is 7.12. The number of hydrogen-bond acceptors (Lipinski definition) is 4. The first-order valence-corrected chi connectivity index (χ1v) is 8.15. The van der Waals surface area contributed by atoms with Crippen LogP contribution in [0, 0.1) is 20.8 Å². The summed E-state index contributed by atoms with van der Waals surface area (Å²) in [5.41, 5.74) is 8.77. The second-order valence-corrected chi connectivity index (χ2v) is 6.54. The van der Waals surface area contributed by atoms with Crippen LogP contribution in [0.15, 0.2) is 40.8 Å². The Morgan fingerprint density at radius 3 is 2.68 bits per heavy atom. The van der Waals surface area contributed by atoms with Crippen LogP contribution in [-0.2, 0) is 0 Å². The number of thiophene rings is 1. The lowest BCUT2D eigenvalue weighted by molar-refractivity contribution is 1.23. The molecule has 0 amide bonds. The summed E-state index contributed by atoms with van der Waals surface area (Å²) in [4.78, 5) is 5.88. The molecule has 0 saturated carbocycles. The van der Waals surface area contributed by atoms with E-state index in [9.17, 15) is 0 Å². The standard InChI is InChI=1S/C18H19N3S/c1-11-8-13(3)18-15(9-11)12(2)10-17(19-18)21-20-14(4)16-6-5-7-22-16/h5-10H,1-4H3,(H,19,21). The van der Waals surface area contributed by atoms with Crippen LogP contribution < -0.4 is 5.43 Å². The minimum Gasteiger partial charge on any atom is -0.261 e. The van der Waals surface area contributed by atoms with Gasteiger partial charge in [-0.3, -0.25) is 5.43 Å². The molecule has 4 heteroatoms. The van der Waals surface area contributed by atoms with Crippen LogP contribution in [0.25, 0.3) is 10.9 Å². The SMILES string of the molecule is CC(=NNc1cc(C)c2cc(C)cc(C)c2n1)c1cccs1. The number of nitrogens with one attached hydrogen (secondary N) is 1. The summed E-state index contributed by atoms with van der Waals surface area (Å²) >= 11 is 1.68. The van der Waals surface area contributed by atoms with Gasteiger partial charge in [0.2, 0.25) is 0 Å². The summed E-state index contributed by atoms with van der Waals surface area (Å²) in [7, 11) is 0. The van der Waals surface area contributed by atoms with Crippen LogP contribution in [0.1, 0.15) is 28.5 Å². The normalized spacial score (nSPS) is 11.9. The second-order valence-electron chi connectivity index (χ2n) is 5.59. The van der Waals surface area contributed by atoms with Crippen LogP contribution in [0.2, 0.25) is 0 Å². The lowest BCUT2D eigenvalue weighted by Gasteiger charge is -2.09. The summed E-state index contributed by atoms with van der Waals surface area (Å²) in [6.45, 7) is 8.34. The van der Waals surface area contributed by atoms with Crippen molar-refractivity contribution in [2.75, 3.05) is 5.43 Å². The second kappa shape index (κ2) is 5.89. The van der Waals surface area contributed by atoms with Crippen LogP contribution in [0.3, 0.4) is 0 Å². The number of aromatic nitrogens is 1. The molecule has 0 atom stereocenters. The van der Waals surface area contributed by atoms with E-state index in [0.29, 0.717) is 0 Å². The average molecular weight is 309 g/mol. The molecule has 2 aromatic heterocycles. The van der Waals surface area contributed by atoms with Crippen LogP contribution in [0.4, 0.5) is 5.82 Å². The van der Waals surface area contributed by atoms with Crippen molar-refractivity contribution < 1.29 is 0 Å². The van der Waals surface area contributed by atoms with Crippen molar-refractivity contribution >= 4 is 33.8 Å². The van der Waals surface area contributed by atoms with E-state index in [1.54, 1.807) is 11.3 Å². The third-order valence-corrected chi connectivity index (χ3v) is 4.65. The van der Waals surface area contributed by atoms with Gasteiger partial charge in [0.15, 0.2) is 0 Å². The van der Waals surface area contributed by atoms with E-state index in [1.807, 2.05) is 19.1 Å². The van der Waals surface area contributed by atoms with Crippen molar-refractivity contribution in [3.63, 3.8) is 0 Å². The van der Waals surface area contributed by atoms with Crippen molar-refractivity contribution in [2.24, 2.45) is 5.10 Å². The molecule has 1 N–H and O–H groups in total. The van der Waals surface area contributed by atoms with Gasteiger partial charge in [-0.1, -0.05) is 17.7 Å². The third-order valence-electron chi connectivity index (χ3n) is 3.67. The molecular formula is C18H19N3S. The first kappa shape index (κ1) is 14.7. The molecule has 0 fully saturated rings. The van der Waals surface area contributed by atoms with Gasteiger partial charge >= 0.3 is 0 Å². The highest BCUT2D eigenvalue weighted by atomic mass is 32.1. The van der Waals surface area contributed by atoms with Crippen LogP contribution in [-0.4, -0.2) is 10.7 Å². The van der Waals surface area contributed by atoms with Gasteiger partial charge in [0.05, 0.1) is 11.2 Å². The Morgan fingerprint density at radius 2 is 1.95 bits per heavy atom. The molecule has 112 valence electrons. The van der Waals surface area contributed by atoms with Crippen molar-refractivity contribution in [3.05, 3.63) is 57.3 Å². The molecule has 3 nitrogen and oxygen atoms in total. The number of hydrogen-bond donors (Lipinski definition) is 1. The molecule has 0 spiro atoms. The molecular weight excluding hydrogens is 290 g/mol. The fraction of sp³-hybridized carbons (Fsp3) is 0.222. The van der Waals surface area contributed by atoms with Gasteiger partial charge in [-0.25, -0.2) is 4.98 Å². The van der Waals surface area contributed by atoms with Crippen molar-refractivity contribution in [1.82, 2.24) is 4.98 Å². The van der Waals surface area contributed by atoms with Gasteiger partial charge < -0.3 is 0 Å². The molecule has 0 aliphatic rings. The topological polar surface area (TPSA) is 37.3 Å². The zero-order valence-corrected chi connectivity index (χ0v) is 14.1. The van der Waals surface area contributed by atoms with Gasteiger partial charge in [-0.15, -0.1) is 11.3 Å². The predicted octanol–water partition coefficient (Wildman–Crippen LogP) is 5.06. The number of nitrogens with zero attached hydrogens (tertiary/aromatic N) is 2. The van der Waals surface area contributed by atoms with Crippen LogP contribution >= 0.6 is 11.3 Å². The maximum atomic E-state index is 4.72. The molecule has 22 heavy (non-hydrogen) atoms. The minimum atomic E-state index is 0.785. The Hall–Kier alpha value is -2.20. The Labute approximate surface area is 134 Å². The minimum absolute atomic E-state index is 0.785. The zero-order valence-electron chi connectivity index (χ0n) is 13.3. The fourth-order valence-electron chi connectivity index (χ4n) is 2.58. The highest BCUT2D eigenvalue weighted by Crippen LogP contribution is 2.24. The molecule has 2 heterocycles. The third kappa shape index (κ3) is 2.88. The van der Waals surface area contributed by atoms with Crippen molar-refractivity contribution in [1.29, 1.82) is 0 Å². The number of benzene rings is 1. The van der Waals surface area contributed by atoms with E-state index >= 15 is 0 Å². The van der Waals surface area contributed by atoms with E-state index in [-0.39, 0.29) is 0 Å². The molecule has 3 rings (SSSR count). The smallest absolute Gasteiger partial charge is 0.147 e. The van der Waals surface area contributed by atoms with Gasteiger partial charge in [0, 0.05) is 10.3 Å². The Kier molecular flexibility index (Phi) is 3.94. The highest BCUT2D eigenvalue weighted by Gasteiger charge is 2.06. The first-order chi connectivity index (χ1) is 10.5. The fourth-order valence-corrected chi connectivity index (χ4v) is 3.26. The van der Waals surface area contributed by atoms with E-state index < -0.39 is 0 Å². The van der Waals surface area contributed by atoms with Crippen molar-refractivity contribution in [3.8, 4) is 0 Å². The number of aryl methyl sites for hydroxylation is 3. The summed E-state index contributed by atoms with van der Waals surface area (Å²) in [6, 6.07) is 10.5. The number of fused-ring (bicyclic) bond motifs is 1. The number of hydrazone groups is 1. The van der Waals surface area contributed by atoms with Crippen LogP contribution in [0.5, 0.6) is 0 Å². The number of pyridine rings is 1. The van der Waals surface area contributed by atoms with Gasteiger partial charge in [-0.05, 0) is 62.4 Å². The van der Waals surface area contributed by atoms with E-state index in [2.05, 4.69) is 54.9 Å². The molecule has 0 saturated heterocycles. The zero-order chi connectivity index (χ0) is 15.7. The van der Waals surface area contributed by atoms with Gasteiger partial charge in [0.1, 0.15) is 5.82 Å². The molecule has 0 bridgehead atoms. The first-order valence-electron chi connectivity index (χ1n) is 7.27. The molecule has 0 aliphatic heterocycles.